The van der Waals surface area contributed by atoms with Crippen molar-refractivity contribution >= 4 is 32.3 Å². The number of hydrogen-bond donors (Lipinski definition) is 0. The number of rotatable bonds is 4. The van der Waals surface area contributed by atoms with Crippen LogP contribution in [0.4, 0.5) is 0 Å². The smallest absolute Gasteiger partial charge is 0.161 e. The molecule has 0 aliphatic carbocycles. The van der Waals surface area contributed by atoms with Crippen molar-refractivity contribution in [1.82, 2.24) is 15.0 Å². The van der Waals surface area contributed by atoms with Crippen LogP contribution in [-0.4, -0.2) is 15.0 Å². The molecule has 0 saturated heterocycles. The SMILES string of the molecule is c1ccc(-c2cc(-c3ccccc3-c3cccnc3)nc(-c3cc4ccc5ccccc5c4c4ccccc34)n2)cc1. The van der Waals surface area contributed by atoms with Gasteiger partial charge >= 0.3 is 0 Å². The summed E-state index contributed by atoms with van der Waals surface area (Å²) in [4.78, 5) is 14.8. The summed E-state index contributed by atoms with van der Waals surface area (Å²) in [5, 5.41) is 7.26. The standard InChI is InChI=1S/C39H25N3/c1-2-12-27(13-3-1)36-24-37(33-18-8-6-15-30(33)29-14-10-22-40-25-29)42-39(41-36)35-23-28-21-20-26-11-4-5-16-31(26)38(28)34-19-9-7-17-32(34)35/h1-25H. The van der Waals surface area contributed by atoms with E-state index in [1.807, 2.05) is 18.3 Å². The first-order valence-corrected chi connectivity index (χ1v) is 14.1. The zero-order chi connectivity index (χ0) is 27.9. The van der Waals surface area contributed by atoms with Gasteiger partial charge in [-0.05, 0) is 56.1 Å². The number of nitrogens with zero attached hydrogens (tertiary/aromatic N) is 3. The van der Waals surface area contributed by atoms with Gasteiger partial charge in [0.1, 0.15) is 0 Å². The van der Waals surface area contributed by atoms with Crippen molar-refractivity contribution < 1.29 is 0 Å². The zero-order valence-corrected chi connectivity index (χ0v) is 22.8. The summed E-state index contributed by atoms with van der Waals surface area (Å²) in [6, 6.07) is 48.8. The van der Waals surface area contributed by atoms with E-state index in [4.69, 9.17) is 9.97 Å². The van der Waals surface area contributed by atoms with E-state index in [0.717, 1.165) is 44.6 Å². The summed E-state index contributed by atoms with van der Waals surface area (Å²) < 4.78 is 0. The van der Waals surface area contributed by atoms with Gasteiger partial charge in [0.05, 0.1) is 11.4 Å². The van der Waals surface area contributed by atoms with E-state index in [0.29, 0.717) is 5.82 Å². The average molecular weight is 536 g/mol. The first-order valence-electron chi connectivity index (χ1n) is 14.1. The minimum absolute atomic E-state index is 0.707. The lowest BCUT2D eigenvalue weighted by molar-refractivity contribution is 1.19. The second-order valence-electron chi connectivity index (χ2n) is 10.5. The molecule has 8 aromatic rings. The molecule has 42 heavy (non-hydrogen) atoms. The molecule has 0 atom stereocenters. The monoisotopic (exact) mass is 535 g/mol. The van der Waals surface area contributed by atoms with Gasteiger partial charge in [-0.1, -0.05) is 121 Å². The Kier molecular flexibility index (Phi) is 5.79. The van der Waals surface area contributed by atoms with Crippen LogP contribution in [0.15, 0.2) is 152 Å². The lowest BCUT2D eigenvalue weighted by atomic mass is 9.93. The number of hydrogen-bond acceptors (Lipinski definition) is 3. The predicted octanol–water partition coefficient (Wildman–Crippen LogP) is 10.00. The highest BCUT2D eigenvalue weighted by molar-refractivity contribution is 6.23. The fourth-order valence-electron chi connectivity index (χ4n) is 6.01. The second kappa shape index (κ2) is 10.1. The highest BCUT2D eigenvalue weighted by Crippen LogP contribution is 2.39. The van der Waals surface area contributed by atoms with Crippen molar-refractivity contribution in [2.45, 2.75) is 0 Å². The summed E-state index contributed by atoms with van der Waals surface area (Å²) in [5.41, 5.74) is 7.02. The van der Waals surface area contributed by atoms with Crippen molar-refractivity contribution in [2.24, 2.45) is 0 Å². The highest BCUT2D eigenvalue weighted by Gasteiger charge is 2.17. The van der Waals surface area contributed by atoms with Crippen LogP contribution >= 0.6 is 0 Å². The first-order chi connectivity index (χ1) is 20.8. The largest absolute Gasteiger partial charge is 0.264 e. The topological polar surface area (TPSA) is 38.7 Å². The third-order valence-electron chi connectivity index (χ3n) is 7.96. The molecule has 0 amide bonds. The van der Waals surface area contributed by atoms with E-state index in [1.165, 1.54) is 26.9 Å². The van der Waals surface area contributed by atoms with Gasteiger partial charge in [0, 0.05) is 34.6 Å². The van der Waals surface area contributed by atoms with E-state index in [1.54, 1.807) is 6.20 Å². The van der Waals surface area contributed by atoms with Crippen LogP contribution in [0.2, 0.25) is 0 Å². The normalized spacial score (nSPS) is 11.3. The summed E-state index contributed by atoms with van der Waals surface area (Å²) in [5.74, 6) is 0.707. The lowest BCUT2D eigenvalue weighted by Crippen LogP contribution is -1.98. The van der Waals surface area contributed by atoms with Crippen molar-refractivity contribution in [3.8, 4) is 45.0 Å². The molecule has 0 radical (unpaired) electrons. The maximum Gasteiger partial charge on any atom is 0.161 e. The van der Waals surface area contributed by atoms with E-state index in [-0.39, 0.29) is 0 Å². The Hall–Kier alpha value is -5.67. The van der Waals surface area contributed by atoms with Gasteiger partial charge < -0.3 is 0 Å². The van der Waals surface area contributed by atoms with E-state index >= 15 is 0 Å². The molecule has 3 heteroatoms. The summed E-state index contributed by atoms with van der Waals surface area (Å²) >= 11 is 0. The van der Waals surface area contributed by atoms with Crippen LogP contribution in [0.3, 0.4) is 0 Å². The van der Waals surface area contributed by atoms with Gasteiger partial charge in [0.2, 0.25) is 0 Å². The van der Waals surface area contributed by atoms with Crippen LogP contribution < -0.4 is 0 Å². The van der Waals surface area contributed by atoms with Gasteiger partial charge in [0.15, 0.2) is 5.82 Å². The third-order valence-corrected chi connectivity index (χ3v) is 7.96. The first kappa shape index (κ1) is 24.2. The molecule has 0 saturated carbocycles. The van der Waals surface area contributed by atoms with Gasteiger partial charge in [-0.2, -0.15) is 0 Å². The molecule has 0 N–H and O–H groups in total. The Balaban J connectivity index is 1.43. The molecule has 8 rings (SSSR count). The zero-order valence-electron chi connectivity index (χ0n) is 22.8. The van der Waals surface area contributed by atoms with Crippen LogP contribution in [0.25, 0.3) is 77.3 Å². The summed E-state index contributed by atoms with van der Waals surface area (Å²) in [6.45, 7) is 0. The molecule has 2 heterocycles. The van der Waals surface area contributed by atoms with Crippen LogP contribution in [0, 0.1) is 0 Å². The molecule has 0 aliphatic rings. The van der Waals surface area contributed by atoms with Crippen LogP contribution in [0.1, 0.15) is 0 Å². The summed E-state index contributed by atoms with van der Waals surface area (Å²) in [6.07, 6.45) is 3.71. The third kappa shape index (κ3) is 4.11. The Morgan fingerprint density at radius 1 is 0.405 bits per heavy atom. The molecule has 0 aliphatic heterocycles. The minimum Gasteiger partial charge on any atom is -0.264 e. The highest BCUT2D eigenvalue weighted by atomic mass is 14.9. The summed E-state index contributed by atoms with van der Waals surface area (Å²) in [7, 11) is 0. The molecular formula is C39H25N3. The minimum atomic E-state index is 0.707. The van der Waals surface area contributed by atoms with Gasteiger partial charge in [-0.3, -0.25) is 4.98 Å². The molecule has 0 fully saturated rings. The van der Waals surface area contributed by atoms with Crippen LogP contribution in [0.5, 0.6) is 0 Å². The molecular weight excluding hydrogens is 510 g/mol. The van der Waals surface area contributed by atoms with Crippen molar-refractivity contribution in [3.63, 3.8) is 0 Å². The van der Waals surface area contributed by atoms with Crippen molar-refractivity contribution in [2.75, 3.05) is 0 Å². The number of fused-ring (bicyclic) bond motifs is 5. The van der Waals surface area contributed by atoms with E-state index in [9.17, 15) is 0 Å². The molecule has 2 aromatic heterocycles. The fourth-order valence-corrected chi connectivity index (χ4v) is 6.01. The Morgan fingerprint density at radius 2 is 1.07 bits per heavy atom. The van der Waals surface area contributed by atoms with Gasteiger partial charge in [-0.25, -0.2) is 9.97 Å². The molecule has 3 nitrogen and oxygen atoms in total. The van der Waals surface area contributed by atoms with Crippen molar-refractivity contribution in [3.05, 3.63) is 152 Å². The van der Waals surface area contributed by atoms with Gasteiger partial charge in [-0.15, -0.1) is 0 Å². The molecule has 0 spiro atoms. The molecule has 6 aromatic carbocycles. The van der Waals surface area contributed by atoms with Crippen molar-refractivity contribution in [1.29, 1.82) is 0 Å². The maximum atomic E-state index is 5.27. The Bertz CT molecular complexity index is 2240. The molecule has 196 valence electrons. The van der Waals surface area contributed by atoms with E-state index in [2.05, 4.69) is 132 Å². The number of pyridine rings is 1. The molecule has 0 bridgehead atoms. The van der Waals surface area contributed by atoms with Gasteiger partial charge in [0.25, 0.3) is 0 Å². The van der Waals surface area contributed by atoms with E-state index < -0.39 is 0 Å². The Morgan fingerprint density at radius 3 is 1.90 bits per heavy atom. The lowest BCUT2D eigenvalue weighted by Gasteiger charge is -2.15. The number of aromatic nitrogens is 3. The average Bonchev–Trinajstić information content (AvgIpc) is 3.08. The predicted molar refractivity (Wildman–Crippen MR) is 174 cm³/mol. The van der Waals surface area contributed by atoms with Crippen LogP contribution in [-0.2, 0) is 0 Å². The maximum absolute atomic E-state index is 5.27. The quantitative estimate of drug-likeness (QED) is 0.211. The number of benzene rings is 6. The molecule has 0 unspecified atom stereocenters. The second-order valence-corrected chi connectivity index (χ2v) is 10.5. The fraction of sp³-hybridized carbons (Fsp3) is 0. The Labute approximate surface area is 243 Å².